The summed E-state index contributed by atoms with van der Waals surface area (Å²) < 4.78 is 77.3. The number of aromatic nitrogens is 3. The van der Waals surface area contributed by atoms with Crippen molar-refractivity contribution in [2.24, 2.45) is 0 Å². The van der Waals surface area contributed by atoms with Crippen LogP contribution < -0.4 is 0 Å². The minimum Gasteiger partial charge on any atom is -0.166 e. The third-order valence-corrected chi connectivity index (χ3v) is 3.13. The molecule has 1 heterocycles. The molecular formula is C14H7F6N3. The van der Waals surface area contributed by atoms with Crippen molar-refractivity contribution < 1.29 is 26.3 Å². The van der Waals surface area contributed by atoms with Crippen LogP contribution in [0.1, 0.15) is 11.1 Å². The molecule has 0 saturated carbocycles. The number of nitrogens with zero attached hydrogens (tertiary/aromatic N) is 3. The van der Waals surface area contributed by atoms with Gasteiger partial charge in [-0.15, -0.1) is 15.0 Å². The Morgan fingerprint density at radius 1 is 0.739 bits per heavy atom. The molecule has 0 amide bonds. The Labute approximate surface area is 125 Å². The normalized spacial score (nSPS) is 12.8. The molecular weight excluding hydrogens is 324 g/mol. The first kappa shape index (κ1) is 15.3. The predicted molar refractivity (Wildman–Crippen MR) is 68.9 cm³/mol. The molecule has 120 valence electrons. The Hall–Kier alpha value is -2.58. The highest BCUT2D eigenvalue weighted by Gasteiger charge is 2.39. The zero-order chi connectivity index (χ0) is 16.8. The van der Waals surface area contributed by atoms with Gasteiger partial charge in [0.1, 0.15) is 11.0 Å². The van der Waals surface area contributed by atoms with Crippen LogP contribution in [-0.2, 0) is 12.4 Å². The van der Waals surface area contributed by atoms with Gasteiger partial charge in [-0.1, -0.05) is 12.1 Å². The van der Waals surface area contributed by atoms with Crippen molar-refractivity contribution in [1.29, 1.82) is 0 Å². The van der Waals surface area contributed by atoms with Crippen LogP contribution >= 0.6 is 0 Å². The predicted octanol–water partition coefficient (Wildman–Crippen LogP) is 4.46. The SMILES string of the molecule is FC(F)(F)c1ccc(-n2nc3ccccc3n2)c(C(F)(F)F)c1. The number of alkyl halides is 6. The van der Waals surface area contributed by atoms with Gasteiger partial charge in [-0.25, -0.2) is 0 Å². The van der Waals surface area contributed by atoms with E-state index in [0.717, 1.165) is 0 Å². The fraction of sp³-hybridized carbons (Fsp3) is 0.143. The molecule has 0 radical (unpaired) electrons. The van der Waals surface area contributed by atoms with Gasteiger partial charge in [0.2, 0.25) is 0 Å². The highest BCUT2D eigenvalue weighted by Crippen LogP contribution is 2.38. The van der Waals surface area contributed by atoms with E-state index < -0.39 is 29.2 Å². The average Bonchev–Trinajstić information content (AvgIpc) is 2.88. The van der Waals surface area contributed by atoms with E-state index in [0.29, 0.717) is 28.0 Å². The minimum atomic E-state index is -4.98. The number of hydrogen-bond donors (Lipinski definition) is 0. The van der Waals surface area contributed by atoms with Gasteiger partial charge in [-0.3, -0.25) is 0 Å². The summed E-state index contributed by atoms with van der Waals surface area (Å²) in [6.07, 6.45) is -9.85. The van der Waals surface area contributed by atoms with Crippen LogP contribution in [0.25, 0.3) is 16.7 Å². The highest BCUT2D eigenvalue weighted by atomic mass is 19.4. The summed E-state index contributed by atoms with van der Waals surface area (Å²) >= 11 is 0. The van der Waals surface area contributed by atoms with E-state index in [2.05, 4.69) is 10.2 Å². The van der Waals surface area contributed by atoms with Crippen LogP contribution in [0.15, 0.2) is 42.5 Å². The van der Waals surface area contributed by atoms with Crippen LogP contribution in [0.4, 0.5) is 26.3 Å². The molecule has 23 heavy (non-hydrogen) atoms. The summed E-state index contributed by atoms with van der Waals surface area (Å²) in [5, 5.41) is 7.75. The van der Waals surface area contributed by atoms with Crippen LogP contribution in [0.2, 0.25) is 0 Å². The van der Waals surface area contributed by atoms with Crippen molar-refractivity contribution in [3.8, 4) is 5.69 Å². The molecule has 3 aromatic rings. The van der Waals surface area contributed by atoms with Crippen molar-refractivity contribution in [1.82, 2.24) is 15.0 Å². The molecule has 0 unspecified atom stereocenters. The first-order valence-corrected chi connectivity index (χ1v) is 6.27. The van der Waals surface area contributed by atoms with Gasteiger partial charge in [0.05, 0.1) is 16.8 Å². The van der Waals surface area contributed by atoms with E-state index in [1.165, 1.54) is 12.1 Å². The van der Waals surface area contributed by atoms with Gasteiger partial charge in [0.15, 0.2) is 0 Å². The molecule has 0 saturated heterocycles. The second-order valence-electron chi connectivity index (χ2n) is 4.71. The molecule has 9 heteroatoms. The molecule has 3 rings (SSSR count). The Kier molecular flexibility index (Phi) is 3.31. The molecule has 1 aromatic heterocycles. The zero-order valence-electron chi connectivity index (χ0n) is 11.2. The largest absolute Gasteiger partial charge is 0.418 e. The zero-order valence-corrected chi connectivity index (χ0v) is 11.2. The average molecular weight is 331 g/mol. The van der Waals surface area contributed by atoms with Crippen molar-refractivity contribution in [2.75, 3.05) is 0 Å². The van der Waals surface area contributed by atoms with Gasteiger partial charge in [0, 0.05) is 0 Å². The lowest BCUT2D eigenvalue weighted by Crippen LogP contribution is -2.15. The molecule has 0 aliphatic heterocycles. The van der Waals surface area contributed by atoms with Gasteiger partial charge < -0.3 is 0 Å². The van der Waals surface area contributed by atoms with E-state index in [4.69, 9.17) is 0 Å². The molecule has 0 atom stereocenters. The van der Waals surface area contributed by atoms with Crippen molar-refractivity contribution >= 4 is 11.0 Å². The molecule has 0 fully saturated rings. The van der Waals surface area contributed by atoms with Crippen LogP contribution in [0.3, 0.4) is 0 Å². The third-order valence-electron chi connectivity index (χ3n) is 3.13. The fourth-order valence-electron chi connectivity index (χ4n) is 2.08. The lowest BCUT2D eigenvalue weighted by molar-refractivity contribution is -0.143. The molecule has 2 aromatic carbocycles. The Balaban J connectivity index is 2.22. The fourth-order valence-corrected chi connectivity index (χ4v) is 2.08. The maximum Gasteiger partial charge on any atom is 0.418 e. The minimum absolute atomic E-state index is 0.0589. The molecule has 0 aliphatic rings. The first-order chi connectivity index (χ1) is 10.7. The summed E-state index contributed by atoms with van der Waals surface area (Å²) in [5.41, 5.74) is -2.74. The lowest BCUT2D eigenvalue weighted by Gasteiger charge is -2.15. The summed E-state index contributed by atoms with van der Waals surface area (Å²) in [4.78, 5) is 0.688. The molecule has 0 spiro atoms. The van der Waals surface area contributed by atoms with Crippen LogP contribution in [0.5, 0.6) is 0 Å². The highest BCUT2D eigenvalue weighted by molar-refractivity contribution is 5.73. The van der Waals surface area contributed by atoms with Gasteiger partial charge >= 0.3 is 12.4 Å². The van der Waals surface area contributed by atoms with Gasteiger partial charge in [-0.05, 0) is 30.3 Å². The first-order valence-electron chi connectivity index (χ1n) is 6.27. The summed E-state index contributed by atoms with van der Waals surface area (Å²) in [6.45, 7) is 0. The second-order valence-corrected chi connectivity index (χ2v) is 4.71. The quantitative estimate of drug-likeness (QED) is 0.617. The number of benzene rings is 2. The van der Waals surface area contributed by atoms with E-state index >= 15 is 0 Å². The smallest absolute Gasteiger partial charge is 0.166 e. The molecule has 0 bridgehead atoms. The maximum absolute atomic E-state index is 13.1. The van der Waals surface area contributed by atoms with Crippen molar-refractivity contribution in [3.63, 3.8) is 0 Å². The summed E-state index contributed by atoms with van der Waals surface area (Å²) in [7, 11) is 0. The van der Waals surface area contributed by atoms with Crippen molar-refractivity contribution in [3.05, 3.63) is 53.6 Å². The number of fused-ring (bicyclic) bond motifs is 1. The van der Waals surface area contributed by atoms with E-state index in [9.17, 15) is 26.3 Å². The third kappa shape index (κ3) is 2.86. The van der Waals surface area contributed by atoms with Gasteiger partial charge in [0.25, 0.3) is 0 Å². The number of halogens is 6. The number of rotatable bonds is 1. The van der Waals surface area contributed by atoms with E-state index in [-0.39, 0.29) is 6.07 Å². The van der Waals surface area contributed by atoms with E-state index in [1.54, 1.807) is 12.1 Å². The van der Waals surface area contributed by atoms with Crippen LogP contribution in [-0.4, -0.2) is 15.0 Å². The maximum atomic E-state index is 13.1. The lowest BCUT2D eigenvalue weighted by atomic mass is 10.1. The topological polar surface area (TPSA) is 30.7 Å². The standard InChI is InChI=1S/C14H7F6N3/c15-13(16,17)8-5-6-12(9(7-8)14(18,19)20)23-21-10-3-1-2-4-11(10)22-23/h1-7H. The second kappa shape index (κ2) is 4.97. The number of hydrogen-bond acceptors (Lipinski definition) is 2. The molecule has 0 aliphatic carbocycles. The molecule has 3 nitrogen and oxygen atoms in total. The Morgan fingerprint density at radius 3 is 1.78 bits per heavy atom. The summed E-state index contributed by atoms with van der Waals surface area (Å²) in [6, 6.07) is 7.66. The van der Waals surface area contributed by atoms with Crippen LogP contribution in [0, 0.1) is 0 Å². The van der Waals surface area contributed by atoms with Gasteiger partial charge in [-0.2, -0.15) is 26.3 Å². The monoisotopic (exact) mass is 331 g/mol. The Bertz CT molecular complexity index is 830. The van der Waals surface area contributed by atoms with Crippen molar-refractivity contribution in [2.45, 2.75) is 12.4 Å². The molecule has 0 N–H and O–H groups in total. The van der Waals surface area contributed by atoms with E-state index in [1.807, 2.05) is 0 Å². The summed E-state index contributed by atoms with van der Waals surface area (Å²) in [5.74, 6) is 0. The Morgan fingerprint density at radius 2 is 1.30 bits per heavy atom.